The van der Waals surface area contributed by atoms with Crippen LogP contribution in [0, 0.1) is 5.82 Å². The molecule has 0 bridgehead atoms. The van der Waals surface area contributed by atoms with Crippen LogP contribution in [0.15, 0.2) is 35.7 Å². The van der Waals surface area contributed by atoms with Gasteiger partial charge in [0.25, 0.3) is 0 Å². The minimum atomic E-state index is -1.09. The number of thiophene rings is 1. The molecule has 3 nitrogen and oxygen atoms in total. The number of hydrogen-bond donors (Lipinski definition) is 1. The van der Waals surface area contributed by atoms with Crippen molar-refractivity contribution in [3.8, 4) is 0 Å². The van der Waals surface area contributed by atoms with Crippen molar-refractivity contribution in [3.63, 3.8) is 0 Å². The van der Waals surface area contributed by atoms with Crippen LogP contribution in [0.3, 0.4) is 0 Å². The van der Waals surface area contributed by atoms with E-state index in [4.69, 9.17) is 0 Å². The van der Waals surface area contributed by atoms with Crippen LogP contribution in [0.25, 0.3) is 0 Å². The number of benzene rings is 1. The SMILES string of the molecule is O=C(O)c1cccc(F)c1N(Cc1cccs1)C1CC1. The third-order valence-electron chi connectivity index (χ3n) is 3.40. The van der Waals surface area contributed by atoms with Gasteiger partial charge in [0.1, 0.15) is 5.82 Å². The quantitative estimate of drug-likeness (QED) is 0.912. The molecule has 5 heteroatoms. The van der Waals surface area contributed by atoms with Crippen LogP contribution in [-0.2, 0) is 6.54 Å². The Morgan fingerprint density at radius 3 is 2.75 bits per heavy atom. The Morgan fingerprint density at radius 1 is 1.35 bits per heavy atom. The lowest BCUT2D eigenvalue weighted by atomic mass is 10.1. The predicted molar refractivity (Wildman–Crippen MR) is 76.9 cm³/mol. The van der Waals surface area contributed by atoms with Crippen molar-refractivity contribution >= 4 is 23.0 Å². The highest BCUT2D eigenvalue weighted by atomic mass is 32.1. The molecule has 1 aromatic carbocycles. The maximum absolute atomic E-state index is 14.2. The molecule has 0 atom stereocenters. The molecule has 1 saturated carbocycles. The molecule has 104 valence electrons. The third-order valence-corrected chi connectivity index (χ3v) is 4.26. The van der Waals surface area contributed by atoms with E-state index in [2.05, 4.69) is 0 Å². The number of nitrogens with zero attached hydrogens (tertiary/aromatic N) is 1. The molecule has 1 aromatic heterocycles. The van der Waals surface area contributed by atoms with Crippen molar-refractivity contribution in [1.82, 2.24) is 0 Å². The molecule has 0 unspecified atom stereocenters. The fourth-order valence-electron chi connectivity index (χ4n) is 2.33. The summed E-state index contributed by atoms with van der Waals surface area (Å²) in [5.41, 5.74) is 0.254. The van der Waals surface area contributed by atoms with Crippen LogP contribution in [0.4, 0.5) is 10.1 Å². The van der Waals surface area contributed by atoms with E-state index in [1.165, 1.54) is 18.2 Å². The summed E-state index contributed by atoms with van der Waals surface area (Å²) >= 11 is 1.60. The molecule has 3 rings (SSSR count). The van der Waals surface area contributed by atoms with E-state index in [1.54, 1.807) is 11.3 Å². The number of halogens is 1. The monoisotopic (exact) mass is 291 g/mol. The molecule has 1 heterocycles. The van der Waals surface area contributed by atoms with Crippen molar-refractivity contribution in [2.24, 2.45) is 0 Å². The number of hydrogen-bond acceptors (Lipinski definition) is 3. The zero-order valence-electron chi connectivity index (χ0n) is 10.8. The Kier molecular flexibility index (Phi) is 3.44. The van der Waals surface area contributed by atoms with E-state index in [0.29, 0.717) is 6.54 Å². The van der Waals surface area contributed by atoms with E-state index in [1.807, 2.05) is 22.4 Å². The van der Waals surface area contributed by atoms with Gasteiger partial charge < -0.3 is 10.0 Å². The summed E-state index contributed by atoms with van der Waals surface area (Å²) in [6.45, 7) is 0.559. The number of carbonyl (C=O) groups is 1. The smallest absolute Gasteiger partial charge is 0.337 e. The van der Waals surface area contributed by atoms with Gasteiger partial charge >= 0.3 is 5.97 Å². The molecule has 1 fully saturated rings. The summed E-state index contributed by atoms with van der Waals surface area (Å²) in [4.78, 5) is 14.3. The number of carboxylic acid groups (broad SMARTS) is 1. The first kappa shape index (κ1) is 13.1. The van der Waals surface area contributed by atoms with Gasteiger partial charge in [0, 0.05) is 10.9 Å². The Balaban J connectivity index is 2.01. The second kappa shape index (κ2) is 5.25. The van der Waals surface area contributed by atoms with E-state index in [0.717, 1.165) is 17.7 Å². The lowest BCUT2D eigenvalue weighted by Crippen LogP contribution is -2.27. The van der Waals surface area contributed by atoms with Crippen molar-refractivity contribution in [1.29, 1.82) is 0 Å². The molecule has 1 aliphatic carbocycles. The zero-order valence-corrected chi connectivity index (χ0v) is 11.6. The van der Waals surface area contributed by atoms with Crippen LogP contribution in [0.2, 0.25) is 0 Å². The maximum atomic E-state index is 14.2. The van der Waals surface area contributed by atoms with E-state index < -0.39 is 11.8 Å². The van der Waals surface area contributed by atoms with Crippen molar-refractivity contribution < 1.29 is 14.3 Å². The lowest BCUT2D eigenvalue weighted by Gasteiger charge is -2.26. The number of anilines is 1. The van der Waals surface area contributed by atoms with Gasteiger partial charge in [-0.25, -0.2) is 9.18 Å². The van der Waals surface area contributed by atoms with Crippen LogP contribution in [-0.4, -0.2) is 17.1 Å². The van der Waals surface area contributed by atoms with Crippen molar-refractivity contribution in [2.75, 3.05) is 4.90 Å². The third kappa shape index (κ3) is 2.54. The standard InChI is InChI=1S/C15H14FNO2S/c16-13-5-1-4-12(15(18)19)14(13)17(10-6-7-10)9-11-3-2-8-20-11/h1-5,8,10H,6-7,9H2,(H,18,19). The molecule has 1 aliphatic rings. The van der Waals surface area contributed by atoms with Gasteiger partial charge in [0.05, 0.1) is 17.8 Å². The average molecular weight is 291 g/mol. The summed E-state index contributed by atoms with van der Waals surface area (Å²) in [7, 11) is 0. The summed E-state index contributed by atoms with van der Waals surface area (Å²) in [5, 5.41) is 11.2. The normalized spacial score (nSPS) is 14.2. The highest BCUT2D eigenvalue weighted by Crippen LogP contribution is 2.37. The second-order valence-electron chi connectivity index (χ2n) is 4.88. The fraction of sp³-hybridized carbons (Fsp3) is 0.267. The highest BCUT2D eigenvalue weighted by Gasteiger charge is 2.33. The molecule has 0 aliphatic heterocycles. The topological polar surface area (TPSA) is 40.5 Å². The van der Waals surface area contributed by atoms with Crippen molar-refractivity contribution in [2.45, 2.75) is 25.4 Å². The molecule has 0 radical (unpaired) electrons. The molecule has 0 spiro atoms. The molecule has 0 saturated heterocycles. The molecular formula is C15H14FNO2S. The number of aromatic carboxylic acids is 1. The lowest BCUT2D eigenvalue weighted by molar-refractivity contribution is 0.0697. The van der Waals surface area contributed by atoms with Gasteiger partial charge in [0.15, 0.2) is 0 Å². The van der Waals surface area contributed by atoms with Gasteiger partial charge in [-0.3, -0.25) is 0 Å². The first-order valence-electron chi connectivity index (χ1n) is 6.47. The first-order chi connectivity index (χ1) is 9.66. The summed E-state index contributed by atoms with van der Waals surface area (Å²) in [6.07, 6.45) is 1.97. The summed E-state index contributed by atoms with van der Waals surface area (Å²) < 4.78 is 14.2. The number of carboxylic acids is 1. The zero-order chi connectivity index (χ0) is 14.1. The van der Waals surface area contributed by atoms with Crippen molar-refractivity contribution in [3.05, 3.63) is 52.0 Å². The second-order valence-corrected chi connectivity index (χ2v) is 5.91. The minimum absolute atomic E-state index is 0.0356. The van der Waals surface area contributed by atoms with E-state index in [-0.39, 0.29) is 17.3 Å². The summed E-state index contributed by atoms with van der Waals surface area (Å²) in [6, 6.07) is 8.41. The molecule has 0 amide bonds. The average Bonchev–Trinajstić information content (AvgIpc) is 3.13. The van der Waals surface area contributed by atoms with Crippen LogP contribution in [0.1, 0.15) is 28.1 Å². The van der Waals surface area contributed by atoms with Gasteiger partial charge in [-0.2, -0.15) is 0 Å². The van der Waals surface area contributed by atoms with Gasteiger partial charge in [-0.1, -0.05) is 12.1 Å². The maximum Gasteiger partial charge on any atom is 0.337 e. The summed E-state index contributed by atoms with van der Waals surface area (Å²) in [5.74, 6) is -1.55. The molecular weight excluding hydrogens is 277 g/mol. The predicted octanol–water partition coefficient (Wildman–Crippen LogP) is 3.75. The minimum Gasteiger partial charge on any atom is -0.478 e. The number of rotatable bonds is 5. The Morgan fingerprint density at radius 2 is 2.15 bits per heavy atom. The van der Waals surface area contributed by atoms with E-state index >= 15 is 0 Å². The van der Waals surface area contributed by atoms with Crippen LogP contribution >= 0.6 is 11.3 Å². The Hall–Kier alpha value is -1.88. The Bertz CT molecular complexity index is 623. The van der Waals surface area contributed by atoms with Crippen LogP contribution in [0.5, 0.6) is 0 Å². The van der Waals surface area contributed by atoms with E-state index in [9.17, 15) is 14.3 Å². The highest BCUT2D eigenvalue weighted by molar-refractivity contribution is 7.09. The first-order valence-corrected chi connectivity index (χ1v) is 7.35. The van der Waals surface area contributed by atoms with Gasteiger partial charge in [-0.15, -0.1) is 11.3 Å². The number of para-hydroxylation sites is 1. The van der Waals surface area contributed by atoms with Gasteiger partial charge in [0.2, 0.25) is 0 Å². The molecule has 1 N–H and O–H groups in total. The fourth-order valence-corrected chi connectivity index (χ4v) is 3.03. The molecule has 20 heavy (non-hydrogen) atoms. The van der Waals surface area contributed by atoms with Crippen LogP contribution < -0.4 is 4.90 Å². The molecule has 2 aromatic rings. The van der Waals surface area contributed by atoms with Gasteiger partial charge in [-0.05, 0) is 36.4 Å². The Labute approximate surface area is 120 Å². The largest absolute Gasteiger partial charge is 0.478 e.